The molecule has 0 aliphatic rings. The minimum atomic E-state index is 0.375. The highest BCUT2D eigenvalue weighted by molar-refractivity contribution is 5.70. The third-order valence-electron chi connectivity index (χ3n) is 4.13. The average Bonchev–Trinajstić information content (AvgIpc) is 3.48. The second kappa shape index (κ2) is 9.81. The van der Waals surface area contributed by atoms with Gasteiger partial charge >= 0.3 is 0 Å². The number of aromatic amines is 1. The number of anilines is 2. The summed E-state index contributed by atoms with van der Waals surface area (Å²) < 4.78 is 4.61. The molecule has 29 heavy (non-hydrogen) atoms. The minimum Gasteiger partial charge on any atom is -0.462 e. The van der Waals surface area contributed by atoms with Gasteiger partial charge in [-0.25, -0.2) is 0 Å². The average molecular weight is 391 g/mol. The maximum atomic E-state index is 9.77. The molecule has 148 valence electrons. The second-order valence-corrected chi connectivity index (χ2v) is 6.01. The Morgan fingerprint density at radius 2 is 2.07 bits per heavy atom. The van der Waals surface area contributed by atoms with Crippen molar-refractivity contribution in [1.82, 2.24) is 20.6 Å². The first kappa shape index (κ1) is 19.8. The van der Waals surface area contributed by atoms with Gasteiger partial charge in [-0.15, -0.1) is 10.2 Å². The zero-order valence-corrected chi connectivity index (χ0v) is 15.8. The van der Waals surface area contributed by atoms with E-state index in [0.29, 0.717) is 17.9 Å². The van der Waals surface area contributed by atoms with Crippen LogP contribution in [0.25, 0.3) is 11.4 Å². The van der Waals surface area contributed by atoms with E-state index in [-0.39, 0.29) is 0 Å². The lowest BCUT2D eigenvalue weighted by atomic mass is 10.0. The Kier molecular flexibility index (Phi) is 6.69. The van der Waals surface area contributed by atoms with E-state index in [1.807, 2.05) is 37.4 Å². The zero-order chi connectivity index (χ0) is 20.5. The molecule has 5 N–H and O–H groups in total. The number of hydrazine groups is 1. The second-order valence-electron chi connectivity index (χ2n) is 6.01. The van der Waals surface area contributed by atoms with E-state index in [2.05, 4.69) is 47.9 Å². The molecule has 0 aliphatic heterocycles. The van der Waals surface area contributed by atoms with Crippen molar-refractivity contribution in [2.24, 2.45) is 5.84 Å². The van der Waals surface area contributed by atoms with Crippen molar-refractivity contribution in [3.8, 4) is 11.4 Å². The standard InChI is InChI=1S/C15H17N7.C5H4O2/c1-17-13-4-2-3-10(8-13)7-12-9-11(5-6-14(12)18-16)15-19-21-22-20-15;6-4-5-2-1-3-7-5/h2-6,8-9,17-18H,7,16H2,1H3,(H,19,20,21,22);1-4H. The van der Waals surface area contributed by atoms with Gasteiger partial charge in [0.1, 0.15) is 0 Å². The number of hydrogen-bond acceptors (Lipinski definition) is 8. The maximum Gasteiger partial charge on any atom is 0.204 e. The topological polar surface area (TPSA) is 135 Å². The lowest BCUT2D eigenvalue weighted by Crippen LogP contribution is -2.09. The van der Waals surface area contributed by atoms with Crippen LogP contribution in [0.2, 0.25) is 0 Å². The van der Waals surface area contributed by atoms with Gasteiger partial charge in [-0.05, 0) is 65.2 Å². The molecule has 9 nitrogen and oxygen atoms in total. The predicted octanol–water partition coefficient (Wildman–Crippen LogP) is 2.88. The van der Waals surface area contributed by atoms with Crippen molar-refractivity contribution in [2.75, 3.05) is 17.8 Å². The van der Waals surface area contributed by atoms with E-state index in [1.54, 1.807) is 12.1 Å². The van der Waals surface area contributed by atoms with Crippen LogP contribution in [0, 0.1) is 0 Å². The Morgan fingerprint density at radius 3 is 2.69 bits per heavy atom. The van der Waals surface area contributed by atoms with Gasteiger partial charge in [-0.1, -0.05) is 12.1 Å². The number of tetrazole rings is 1. The van der Waals surface area contributed by atoms with Crippen molar-refractivity contribution in [2.45, 2.75) is 6.42 Å². The van der Waals surface area contributed by atoms with Crippen molar-refractivity contribution in [3.05, 3.63) is 77.7 Å². The summed E-state index contributed by atoms with van der Waals surface area (Å²) in [5, 5.41) is 17.2. The molecule has 2 aromatic heterocycles. The highest BCUT2D eigenvalue weighted by atomic mass is 16.3. The van der Waals surface area contributed by atoms with E-state index in [4.69, 9.17) is 5.84 Å². The van der Waals surface area contributed by atoms with E-state index in [9.17, 15) is 4.79 Å². The van der Waals surface area contributed by atoms with E-state index < -0.39 is 0 Å². The number of H-pyrrole nitrogens is 1. The van der Waals surface area contributed by atoms with Crippen molar-refractivity contribution in [3.63, 3.8) is 0 Å². The summed E-state index contributed by atoms with van der Waals surface area (Å²) in [5.41, 5.74) is 7.84. The Hall–Kier alpha value is -3.98. The smallest absolute Gasteiger partial charge is 0.204 e. The van der Waals surface area contributed by atoms with Crippen LogP contribution in [0.3, 0.4) is 0 Å². The Bertz CT molecular complexity index is 1030. The fourth-order valence-electron chi connectivity index (χ4n) is 2.72. The van der Waals surface area contributed by atoms with Crippen LogP contribution >= 0.6 is 0 Å². The van der Waals surface area contributed by atoms with Crippen molar-refractivity contribution in [1.29, 1.82) is 0 Å². The number of nitrogens with zero attached hydrogens (tertiary/aromatic N) is 3. The van der Waals surface area contributed by atoms with Crippen LogP contribution in [-0.4, -0.2) is 34.0 Å². The number of benzene rings is 2. The number of nitrogens with two attached hydrogens (primary N) is 1. The SMILES string of the molecule is CNc1cccc(Cc2cc(-c3nn[nH]n3)ccc2NN)c1.O=Cc1ccco1. The Morgan fingerprint density at radius 1 is 1.17 bits per heavy atom. The molecule has 9 heteroatoms. The van der Waals surface area contributed by atoms with E-state index in [0.717, 1.165) is 28.9 Å². The summed E-state index contributed by atoms with van der Waals surface area (Å²) in [5.74, 6) is 6.56. The number of nitrogens with one attached hydrogen (secondary N) is 3. The first-order valence-electron chi connectivity index (χ1n) is 8.82. The molecule has 0 saturated heterocycles. The molecular weight excluding hydrogens is 370 g/mol. The normalized spacial score (nSPS) is 10.0. The molecule has 0 unspecified atom stereocenters. The Labute approximate surface area is 167 Å². The summed E-state index contributed by atoms with van der Waals surface area (Å²) in [6.07, 6.45) is 2.88. The number of carbonyl (C=O) groups is 1. The van der Waals surface area contributed by atoms with Crippen molar-refractivity contribution < 1.29 is 9.21 Å². The van der Waals surface area contributed by atoms with Gasteiger partial charge in [0.15, 0.2) is 12.0 Å². The summed E-state index contributed by atoms with van der Waals surface area (Å²) in [7, 11) is 1.91. The van der Waals surface area contributed by atoms with Gasteiger partial charge < -0.3 is 15.2 Å². The molecule has 4 rings (SSSR count). The lowest BCUT2D eigenvalue weighted by Gasteiger charge is -2.11. The first-order chi connectivity index (χ1) is 14.2. The van der Waals surface area contributed by atoms with Gasteiger partial charge in [0.05, 0.1) is 12.0 Å². The van der Waals surface area contributed by atoms with Crippen LogP contribution in [0.5, 0.6) is 0 Å². The molecule has 4 aromatic rings. The highest BCUT2D eigenvalue weighted by Gasteiger charge is 2.09. The van der Waals surface area contributed by atoms with Gasteiger partial charge in [-0.2, -0.15) is 5.21 Å². The van der Waals surface area contributed by atoms with Gasteiger partial charge in [0.2, 0.25) is 5.82 Å². The third-order valence-corrected chi connectivity index (χ3v) is 4.13. The zero-order valence-electron chi connectivity index (χ0n) is 15.8. The number of aromatic nitrogens is 4. The molecule has 2 heterocycles. The number of carbonyl (C=O) groups excluding carboxylic acids is 1. The number of nitrogen functional groups attached to an aromatic ring is 1. The third kappa shape index (κ3) is 5.27. The molecule has 0 amide bonds. The fourth-order valence-corrected chi connectivity index (χ4v) is 2.72. The number of furan rings is 1. The Balaban J connectivity index is 0.000000290. The molecule has 0 saturated carbocycles. The van der Waals surface area contributed by atoms with Gasteiger partial charge in [0, 0.05) is 18.3 Å². The molecule has 0 fully saturated rings. The summed E-state index contributed by atoms with van der Waals surface area (Å²) in [6, 6.07) is 17.4. The van der Waals surface area contributed by atoms with E-state index >= 15 is 0 Å². The molecular formula is C20H21N7O2. The first-order valence-corrected chi connectivity index (χ1v) is 8.82. The van der Waals surface area contributed by atoms with Crippen LogP contribution in [-0.2, 0) is 6.42 Å². The van der Waals surface area contributed by atoms with Crippen LogP contribution in [0.1, 0.15) is 21.7 Å². The fraction of sp³-hybridized carbons (Fsp3) is 0.100. The molecule has 2 aromatic carbocycles. The van der Waals surface area contributed by atoms with Gasteiger partial charge in [0.25, 0.3) is 0 Å². The van der Waals surface area contributed by atoms with E-state index in [1.165, 1.54) is 11.8 Å². The molecule has 0 radical (unpaired) electrons. The van der Waals surface area contributed by atoms with Crippen LogP contribution < -0.4 is 16.6 Å². The minimum absolute atomic E-state index is 0.375. The predicted molar refractivity (Wildman–Crippen MR) is 110 cm³/mol. The molecule has 0 spiro atoms. The highest BCUT2D eigenvalue weighted by Crippen LogP contribution is 2.25. The largest absolute Gasteiger partial charge is 0.462 e. The molecule has 0 aliphatic carbocycles. The summed E-state index contributed by atoms with van der Waals surface area (Å²) in [6.45, 7) is 0. The molecule has 0 bridgehead atoms. The van der Waals surface area contributed by atoms with Crippen LogP contribution in [0.15, 0.2) is 65.3 Å². The maximum absolute atomic E-state index is 9.77. The van der Waals surface area contributed by atoms with Gasteiger partial charge in [-0.3, -0.25) is 10.6 Å². The number of hydrogen-bond donors (Lipinski definition) is 4. The monoisotopic (exact) mass is 391 g/mol. The van der Waals surface area contributed by atoms with Crippen LogP contribution in [0.4, 0.5) is 11.4 Å². The number of aldehydes is 1. The number of rotatable bonds is 6. The summed E-state index contributed by atoms with van der Waals surface area (Å²) in [4.78, 5) is 9.77. The quantitative estimate of drug-likeness (QED) is 0.224. The summed E-state index contributed by atoms with van der Waals surface area (Å²) >= 11 is 0. The van der Waals surface area contributed by atoms with Crippen molar-refractivity contribution >= 4 is 17.7 Å². The lowest BCUT2D eigenvalue weighted by molar-refractivity contribution is 0.110. The molecule has 0 atom stereocenters.